The molecule has 1 unspecified atom stereocenters. The Hall–Kier alpha value is -2.97. The molecule has 1 atom stereocenters. The average molecular weight is 439 g/mol. The van der Waals surface area contributed by atoms with E-state index in [-0.39, 0.29) is 5.91 Å². The Bertz CT molecular complexity index is 1090. The van der Waals surface area contributed by atoms with E-state index in [0.29, 0.717) is 24.5 Å². The molecule has 0 aliphatic carbocycles. The van der Waals surface area contributed by atoms with E-state index < -0.39 is 16.1 Å². The third kappa shape index (κ3) is 4.86. The molecule has 1 aromatic heterocycles. The van der Waals surface area contributed by atoms with Gasteiger partial charge in [-0.15, -0.1) is 0 Å². The van der Waals surface area contributed by atoms with Crippen molar-refractivity contribution in [1.29, 1.82) is 0 Å². The summed E-state index contributed by atoms with van der Waals surface area (Å²) in [6.45, 7) is 1.45. The number of carbonyl (C=O) groups excluding carboxylic acids is 1. The summed E-state index contributed by atoms with van der Waals surface area (Å²) in [6.07, 6.45) is 6.29. The fraction of sp³-hybridized carbons (Fsp3) is 0.304. The predicted molar refractivity (Wildman–Crippen MR) is 118 cm³/mol. The van der Waals surface area contributed by atoms with Crippen LogP contribution in [0.3, 0.4) is 0 Å². The Morgan fingerprint density at radius 3 is 2.32 bits per heavy atom. The molecule has 31 heavy (non-hydrogen) atoms. The monoisotopic (exact) mass is 438 g/mol. The molecule has 2 aromatic carbocycles. The quantitative estimate of drug-likeness (QED) is 0.615. The van der Waals surface area contributed by atoms with E-state index in [1.165, 1.54) is 0 Å². The Morgan fingerprint density at radius 1 is 0.968 bits per heavy atom. The first-order chi connectivity index (χ1) is 15.1. The van der Waals surface area contributed by atoms with Gasteiger partial charge in [-0.05, 0) is 42.2 Å². The van der Waals surface area contributed by atoms with E-state index in [1.54, 1.807) is 51.7 Å². The number of nitrogens with one attached hydrogen (secondary N) is 1. The zero-order valence-corrected chi connectivity index (χ0v) is 18.0. The third-order valence-corrected chi connectivity index (χ3v) is 7.41. The lowest BCUT2D eigenvalue weighted by Gasteiger charge is -2.25. The summed E-state index contributed by atoms with van der Waals surface area (Å²) in [4.78, 5) is 13.3. The van der Waals surface area contributed by atoms with Gasteiger partial charge in [-0.3, -0.25) is 9.48 Å². The van der Waals surface area contributed by atoms with Crippen molar-refractivity contribution in [3.05, 3.63) is 84.2 Å². The molecule has 4 rings (SSSR count). The van der Waals surface area contributed by atoms with Crippen LogP contribution in [0.1, 0.15) is 36.4 Å². The Kier molecular flexibility index (Phi) is 6.48. The summed E-state index contributed by atoms with van der Waals surface area (Å²) in [7, 11) is -3.45. The second-order valence-electron chi connectivity index (χ2n) is 7.63. The maximum atomic E-state index is 13.0. The molecule has 1 amide bonds. The lowest BCUT2D eigenvalue weighted by atomic mass is 10.1. The van der Waals surface area contributed by atoms with Crippen LogP contribution in [0.4, 0.5) is 0 Å². The summed E-state index contributed by atoms with van der Waals surface area (Å²) >= 11 is 0. The van der Waals surface area contributed by atoms with Crippen LogP contribution < -0.4 is 5.32 Å². The number of sulfonamides is 1. The van der Waals surface area contributed by atoms with Gasteiger partial charge in [-0.25, -0.2) is 8.42 Å². The minimum absolute atomic E-state index is 0.181. The highest BCUT2D eigenvalue weighted by Crippen LogP contribution is 2.21. The van der Waals surface area contributed by atoms with E-state index >= 15 is 0 Å². The molecule has 7 nitrogen and oxygen atoms in total. The Labute approximate surface area is 182 Å². The van der Waals surface area contributed by atoms with Crippen LogP contribution in [0.25, 0.3) is 0 Å². The number of nitrogens with zero attached hydrogens (tertiary/aromatic N) is 3. The second kappa shape index (κ2) is 9.45. The van der Waals surface area contributed by atoms with Gasteiger partial charge in [0.1, 0.15) is 0 Å². The lowest BCUT2D eigenvalue weighted by Crippen LogP contribution is -2.35. The first-order valence-electron chi connectivity index (χ1n) is 10.5. The largest absolute Gasteiger partial charge is 0.350 e. The number of carbonyl (C=O) groups is 1. The average Bonchev–Trinajstić information content (AvgIpc) is 3.34. The Morgan fingerprint density at radius 2 is 1.68 bits per heavy atom. The predicted octanol–water partition coefficient (Wildman–Crippen LogP) is 2.96. The smallest absolute Gasteiger partial charge is 0.249 e. The van der Waals surface area contributed by atoms with E-state index in [2.05, 4.69) is 10.4 Å². The maximum absolute atomic E-state index is 13.0. The van der Waals surface area contributed by atoms with E-state index in [0.717, 1.165) is 30.4 Å². The zero-order chi connectivity index (χ0) is 21.7. The van der Waals surface area contributed by atoms with E-state index in [1.807, 2.05) is 30.3 Å². The van der Waals surface area contributed by atoms with Gasteiger partial charge in [0.25, 0.3) is 0 Å². The van der Waals surface area contributed by atoms with Gasteiger partial charge in [0, 0.05) is 32.0 Å². The van der Waals surface area contributed by atoms with Gasteiger partial charge in [0.15, 0.2) is 6.04 Å². The highest BCUT2D eigenvalue weighted by Gasteiger charge is 2.26. The van der Waals surface area contributed by atoms with Crippen LogP contribution in [-0.4, -0.2) is 41.5 Å². The van der Waals surface area contributed by atoms with Crippen LogP contribution >= 0.6 is 0 Å². The topological polar surface area (TPSA) is 84.3 Å². The van der Waals surface area contributed by atoms with Gasteiger partial charge in [-0.1, -0.05) is 48.9 Å². The summed E-state index contributed by atoms with van der Waals surface area (Å²) in [5, 5.41) is 7.18. The molecule has 3 aromatic rings. The fourth-order valence-corrected chi connectivity index (χ4v) is 5.33. The van der Waals surface area contributed by atoms with Gasteiger partial charge in [-0.2, -0.15) is 9.40 Å². The first kappa shape index (κ1) is 21.3. The molecule has 162 valence electrons. The van der Waals surface area contributed by atoms with Crippen LogP contribution in [0.5, 0.6) is 0 Å². The van der Waals surface area contributed by atoms with Crippen molar-refractivity contribution in [2.75, 3.05) is 13.1 Å². The van der Waals surface area contributed by atoms with Crippen molar-refractivity contribution in [2.45, 2.75) is 36.7 Å². The molecule has 1 aliphatic heterocycles. The highest BCUT2D eigenvalue weighted by atomic mass is 32.2. The highest BCUT2D eigenvalue weighted by molar-refractivity contribution is 7.89. The number of rotatable bonds is 7. The van der Waals surface area contributed by atoms with Gasteiger partial charge in [0.2, 0.25) is 15.9 Å². The molecule has 0 radical (unpaired) electrons. The molecule has 8 heteroatoms. The number of amides is 1. The van der Waals surface area contributed by atoms with Crippen molar-refractivity contribution in [1.82, 2.24) is 19.4 Å². The minimum Gasteiger partial charge on any atom is -0.350 e. The van der Waals surface area contributed by atoms with Crippen molar-refractivity contribution in [3.8, 4) is 0 Å². The van der Waals surface area contributed by atoms with Crippen LogP contribution in [-0.2, 0) is 21.4 Å². The minimum atomic E-state index is -3.45. The summed E-state index contributed by atoms with van der Waals surface area (Å²) in [5.74, 6) is -0.181. The summed E-state index contributed by atoms with van der Waals surface area (Å²) in [5.41, 5.74) is 1.67. The van der Waals surface area contributed by atoms with E-state index in [9.17, 15) is 13.2 Å². The molecule has 1 aliphatic rings. The van der Waals surface area contributed by atoms with Gasteiger partial charge in [0.05, 0.1) is 4.90 Å². The molecule has 0 saturated carbocycles. The standard InChI is InChI=1S/C23H26N4O3S/c28-23(22(27-17-7-14-25-27)20-8-3-1-4-9-20)24-18-19-10-12-21(13-11-19)31(29,30)26-15-5-2-6-16-26/h1,3-4,7-14,17,22H,2,5-6,15-16,18H2,(H,24,28). The number of aromatic nitrogens is 2. The SMILES string of the molecule is O=C(NCc1ccc(S(=O)(=O)N2CCCCC2)cc1)C(c1ccccc1)n1cccn1. The molecule has 0 bridgehead atoms. The van der Waals surface area contributed by atoms with Crippen molar-refractivity contribution < 1.29 is 13.2 Å². The first-order valence-corrected chi connectivity index (χ1v) is 11.9. The van der Waals surface area contributed by atoms with Crippen LogP contribution in [0.2, 0.25) is 0 Å². The van der Waals surface area contributed by atoms with Crippen LogP contribution in [0, 0.1) is 0 Å². The fourth-order valence-electron chi connectivity index (χ4n) is 3.81. The maximum Gasteiger partial charge on any atom is 0.249 e. The van der Waals surface area contributed by atoms with Crippen LogP contribution in [0.15, 0.2) is 78.0 Å². The van der Waals surface area contributed by atoms with Crippen molar-refractivity contribution >= 4 is 15.9 Å². The molecule has 1 fully saturated rings. The molecule has 1 N–H and O–H groups in total. The Balaban J connectivity index is 1.44. The molecular weight excluding hydrogens is 412 g/mol. The molecule has 0 spiro atoms. The summed E-state index contributed by atoms with van der Waals surface area (Å²) in [6, 6.07) is 17.4. The lowest BCUT2D eigenvalue weighted by molar-refractivity contribution is -0.123. The third-order valence-electron chi connectivity index (χ3n) is 5.50. The van der Waals surface area contributed by atoms with Crippen molar-refractivity contribution in [2.24, 2.45) is 0 Å². The second-order valence-corrected chi connectivity index (χ2v) is 9.56. The number of benzene rings is 2. The van der Waals surface area contributed by atoms with Gasteiger partial charge < -0.3 is 5.32 Å². The molecule has 2 heterocycles. The number of hydrogen-bond donors (Lipinski definition) is 1. The normalized spacial score (nSPS) is 16.0. The number of hydrogen-bond acceptors (Lipinski definition) is 4. The van der Waals surface area contributed by atoms with E-state index in [4.69, 9.17) is 0 Å². The molecular formula is C23H26N4O3S. The van der Waals surface area contributed by atoms with Gasteiger partial charge >= 0.3 is 0 Å². The zero-order valence-electron chi connectivity index (χ0n) is 17.2. The number of piperidine rings is 1. The summed E-state index contributed by atoms with van der Waals surface area (Å²) < 4.78 is 28.8. The molecule has 1 saturated heterocycles. The van der Waals surface area contributed by atoms with Crippen molar-refractivity contribution in [3.63, 3.8) is 0 Å².